The van der Waals surface area contributed by atoms with Gasteiger partial charge in [-0.05, 0) is 24.0 Å². The van der Waals surface area contributed by atoms with E-state index in [1.54, 1.807) is 0 Å². The first-order valence-electron chi connectivity index (χ1n) is 7.40. The van der Waals surface area contributed by atoms with Crippen LogP contribution in [0, 0.1) is 16.7 Å². The van der Waals surface area contributed by atoms with Crippen LogP contribution >= 0.6 is 0 Å². The molecule has 1 heterocycles. The number of piperidine rings is 1. The molecule has 1 aromatic carbocycles. The van der Waals surface area contributed by atoms with Crippen molar-refractivity contribution in [1.82, 2.24) is 4.90 Å². The molecule has 1 aliphatic heterocycles. The van der Waals surface area contributed by atoms with Crippen molar-refractivity contribution in [2.24, 2.45) is 5.41 Å². The van der Waals surface area contributed by atoms with Gasteiger partial charge in [-0.25, -0.2) is 0 Å². The van der Waals surface area contributed by atoms with Crippen molar-refractivity contribution in [1.29, 1.82) is 5.26 Å². The number of aliphatic hydroxyl groups is 1. The topological polar surface area (TPSA) is 64.3 Å². The number of amides is 1. The number of hydrogen-bond acceptors (Lipinski definition) is 3. The summed E-state index contributed by atoms with van der Waals surface area (Å²) in [5, 5.41) is 18.3. The molecule has 0 bridgehead atoms. The maximum absolute atomic E-state index is 12.5. The number of hydrogen-bond donors (Lipinski definition) is 1. The van der Waals surface area contributed by atoms with Crippen LogP contribution in [0.2, 0.25) is 0 Å². The summed E-state index contributed by atoms with van der Waals surface area (Å²) in [5.41, 5.74) is 1.68. The summed E-state index contributed by atoms with van der Waals surface area (Å²) < 4.78 is 0. The fourth-order valence-electron chi connectivity index (χ4n) is 2.92. The van der Waals surface area contributed by atoms with Gasteiger partial charge in [0.1, 0.15) is 0 Å². The second kappa shape index (κ2) is 6.73. The van der Waals surface area contributed by atoms with Crippen LogP contribution in [0.25, 0.3) is 0 Å². The summed E-state index contributed by atoms with van der Waals surface area (Å²) in [6, 6.07) is 9.75. The van der Waals surface area contributed by atoms with E-state index in [1.165, 1.54) is 0 Å². The van der Waals surface area contributed by atoms with Crippen molar-refractivity contribution in [2.45, 2.75) is 32.6 Å². The SMILES string of the molecule is CC1(CO)CCCN(C(=O)Cc2ccccc2CC#N)C1. The maximum Gasteiger partial charge on any atom is 0.227 e. The average molecular weight is 286 g/mol. The van der Waals surface area contributed by atoms with E-state index in [9.17, 15) is 9.90 Å². The minimum absolute atomic E-state index is 0.0831. The van der Waals surface area contributed by atoms with E-state index < -0.39 is 0 Å². The molecule has 4 nitrogen and oxygen atoms in total. The number of carbonyl (C=O) groups is 1. The molecule has 1 N–H and O–H groups in total. The Morgan fingerprint density at radius 3 is 2.81 bits per heavy atom. The van der Waals surface area contributed by atoms with Crippen molar-refractivity contribution in [3.8, 4) is 6.07 Å². The molecule has 1 aliphatic rings. The van der Waals surface area contributed by atoms with E-state index in [4.69, 9.17) is 5.26 Å². The van der Waals surface area contributed by atoms with E-state index in [-0.39, 0.29) is 17.9 Å². The molecule has 1 saturated heterocycles. The van der Waals surface area contributed by atoms with Crippen LogP contribution in [0.4, 0.5) is 0 Å². The summed E-state index contributed by atoms with van der Waals surface area (Å²) >= 11 is 0. The highest BCUT2D eigenvalue weighted by Crippen LogP contribution is 2.29. The fourth-order valence-corrected chi connectivity index (χ4v) is 2.92. The highest BCUT2D eigenvalue weighted by Gasteiger charge is 2.32. The van der Waals surface area contributed by atoms with Gasteiger partial charge < -0.3 is 10.0 Å². The predicted octanol–water partition coefficient (Wildman–Crippen LogP) is 1.92. The number of likely N-dealkylation sites (tertiary alicyclic amines) is 1. The van der Waals surface area contributed by atoms with E-state index in [2.05, 4.69) is 6.07 Å². The van der Waals surface area contributed by atoms with E-state index in [1.807, 2.05) is 36.1 Å². The van der Waals surface area contributed by atoms with Crippen molar-refractivity contribution < 1.29 is 9.90 Å². The first-order chi connectivity index (χ1) is 10.1. The zero-order chi connectivity index (χ0) is 15.3. The summed E-state index contributed by atoms with van der Waals surface area (Å²) in [4.78, 5) is 14.3. The molecular weight excluding hydrogens is 264 g/mol. The highest BCUT2D eigenvalue weighted by molar-refractivity contribution is 5.79. The van der Waals surface area contributed by atoms with Crippen molar-refractivity contribution >= 4 is 5.91 Å². The Bertz CT molecular complexity index is 550. The Kier molecular flexibility index (Phi) is 4.98. The lowest BCUT2D eigenvalue weighted by Gasteiger charge is -2.39. The van der Waals surface area contributed by atoms with Crippen molar-refractivity contribution in [3.05, 3.63) is 35.4 Å². The Hall–Kier alpha value is -1.86. The Labute approximate surface area is 126 Å². The molecule has 1 aromatic rings. The molecular formula is C17H22N2O2. The molecule has 4 heteroatoms. The van der Waals surface area contributed by atoms with Crippen LogP contribution in [0.15, 0.2) is 24.3 Å². The zero-order valence-electron chi connectivity index (χ0n) is 12.5. The third-order valence-corrected chi connectivity index (χ3v) is 4.24. The van der Waals surface area contributed by atoms with Gasteiger partial charge in [-0.3, -0.25) is 4.79 Å². The van der Waals surface area contributed by atoms with E-state index >= 15 is 0 Å². The number of nitrogens with zero attached hydrogens (tertiary/aromatic N) is 2. The van der Waals surface area contributed by atoms with Gasteiger partial charge >= 0.3 is 0 Å². The number of carbonyl (C=O) groups excluding carboxylic acids is 1. The van der Waals surface area contributed by atoms with Gasteiger partial charge in [0.2, 0.25) is 5.91 Å². The van der Waals surface area contributed by atoms with Crippen molar-refractivity contribution in [2.75, 3.05) is 19.7 Å². The number of nitriles is 1. The van der Waals surface area contributed by atoms with Crippen LogP contribution in [-0.4, -0.2) is 35.6 Å². The molecule has 1 atom stereocenters. The van der Waals surface area contributed by atoms with Crippen LogP contribution in [-0.2, 0) is 17.6 Å². The predicted molar refractivity (Wildman–Crippen MR) is 80.5 cm³/mol. The number of benzene rings is 1. The third-order valence-electron chi connectivity index (χ3n) is 4.24. The largest absolute Gasteiger partial charge is 0.396 e. The molecule has 112 valence electrons. The maximum atomic E-state index is 12.5. The van der Waals surface area contributed by atoms with Gasteiger partial charge in [-0.2, -0.15) is 5.26 Å². The quantitative estimate of drug-likeness (QED) is 0.919. The standard InChI is InChI=1S/C17H22N2O2/c1-17(13-20)8-4-10-19(12-17)16(21)11-15-6-3-2-5-14(15)7-9-18/h2-3,5-6,20H,4,7-8,10-13H2,1H3. The third kappa shape index (κ3) is 3.83. The van der Waals surface area contributed by atoms with Gasteiger partial charge in [0.05, 0.1) is 25.5 Å². The van der Waals surface area contributed by atoms with Crippen molar-refractivity contribution in [3.63, 3.8) is 0 Å². The molecule has 1 fully saturated rings. The summed E-state index contributed by atoms with van der Waals surface area (Å²) in [5.74, 6) is 0.0831. The molecule has 0 aromatic heterocycles. The Balaban J connectivity index is 2.06. The van der Waals surface area contributed by atoms with Gasteiger partial charge in [0.15, 0.2) is 0 Å². The van der Waals surface area contributed by atoms with Crippen LogP contribution in [0.1, 0.15) is 30.9 Å². The van der Waals surface area contributed by atoms with Gasteiger partial charge in [0, 0.05) is 18.5 Å². The first kappa shape index (κ1) is 15.5. The second-order valence-electron chi connectivity index (χ2n) is 6.17. The highest BCUT2D eigenvalue weighted by atomic mass is 16.3. The minimum atomic E-state index is -0.180. The van der Waals surface area contributed by atoms with E-state index in [0.717, 1.165) is 30.5 Å². The lowest BCUT2D eigenvalue weighted by molar-refractivity contribution is -0.134. The number of rotatable bonds is 4. The van der Waals surface area contributed by atoms with E-state index in [0.29, 0.717) is 19.4 Å². The van der Waals surface area contributed by atoms with Crippen LogP contribution in [0.5, 0.6) is 0 Å². The molecule has 0 spiro atoms. The molecule has 1 amide bonds. The summed E-state index contributed by atoms with van der Waals surface area (Å²) in [6.07, 6.45) is 2.55. The number of aliphatic hydroxyl groups excluding tert-OH is 1. The summed E-state index contributed by atoms with van der Waals surface area (Å²) in [7, 11) is 0. The van der Waals surface area contributed by atoms with Gasteiger partial charge in [0.25, 0.3) is 0 Å². The molecule has 2 rings (SSSR count). The summed E-state index contributed by atoms with van der Waals surface area (Å²) in [6.45, 7) is 3.51. The Morgan fingerprint density at radius 1 is 1.43 bits per heavy atom. The fraction of sp³-hybridized carbons (Fsp3) is 0.529. The van der Waals surface area contributed by atoms with Crippen LogP contribution < -0.4 is 0 Å². The minimum Gasteiger partial charge on any atom is -0.396 e. The van der Waals surface area contributed by atoms with Gasteiger partial charge in [-0.1, -0.05) is 31.2 Å². The zero-order valence-corrected chi connectivity index (χ0v) is 12.5. The monoisotopic (exact) mass is 286 g/mol. The van der Waals surface area contributed by atoms with Crippen LogP contribution in [0.3, 0.4) is 0 Å². The smallest absolute Gasteiger partial charge is 0.227 e. The molecule has 0 saturated carbocycles. The molecule has 21 heavy (non-hydrogen) atoms. The first-order valence-corrected chi connectivity index (χ1v) is 7.40. The Morgan fingerprint density at radius 2 is 2.14 bits per heavy atom. The second-order valence-corrected chi connectivity index (χ2v) is 6.17. The van der Waals surface area contributed by atoms with Gasteiger partial charge in [-0.15, -0.1) is 0 Å². The molecule has 0 radical (unpaired) electrons. The lowest BCUT2D eigenvalue weighted by atomic mass is 9.82. The molecule has 1 unspecified atom stereocenters. The lowest BCUT2D eigenvalue weighted by Crippen LogP contribution is -2.47. The average Bonchev–Trinajstić information content (AvgIpc) is 2.49. The molecule has 0 aliphatic carbocycles. The normalized spacial score (nSPS) is 21.9.